The van der Waals surface area contributed by atoms with Crippen molar-refractivity contribution in [3.05, 3.63) is 30.1 Å². The molecule has 1 aliphatic heterocycles. The fourth-order valence-corrected chi connectivity index (χ4v) is 2.50. The molecule has 0 atom stereocenters. The second kappa shape index (κ2) is 7.98. The molecule has 4 nitrogen and oxygen atoms in total. The largest absolute Gasteiger partial charge is 0.484 e. The van der Waals surface area contributed by atoms with E-state index in [1.807, 2.05) is 0 Å². The summed E-state index contributed by atoms with van der Waals surface area (Å²) in [7, 11) is 2.14. The number of ether oxygens (including phenoxy) is 1. The zero-order valence-electron chi connectivity index (χ0n) is 12.5. The zero-order chi connectivity index (χ0) is 15.1. The summed E-state index contributed by atoms with van der Waals surface area (Å²) in [6.45, 7) is 2.96. The normalized spacial score (nSPS) is 16.7. The summed E-state index contributed by atoms with van der Waals surface area (Å²) in [5.41, 5.74) is 0. The Morgan fingerprint density at radius 1 is 1.33 bits per heavy atom. The first-order valence-corrected chi connectivity index (χ1v) is 7.47. The number of likely N-dealkylation sites (tertiary alicyclic amines) is 1. The van der Waals surface area contributed by atoms with Crippen molar-refractivity contribution >= 4 is 5.91 Å². The van der Waals surface area contributed by atoms with E-state index < -0.39 is 0 Å². The average Bonchev–Trinajstić information content (AvgIpc) is 2.49. The Labute approximate surface area is 125 Å². The predicted molar refractivity (Wildman–Crippen MR) is 79.7 cm³/mol. The van der Waals surface area contributed by atoms with Crippen LogP contribution in [0.5, 0.6) is 5.75 Å². The van der Waals surface area contributed by atoms with Crippen molar-refractivity contribution in [2.24, 2.45) is 5.92 Å². The van der Waals surface area contributed by atoms with Gasteiger partial charge in [-0.1, -0.05) is 0 Å². The van der Waals surface area contributed by atoms with Gasteiger partial charge in [-0.15, -0.1) is 0 Å². The van der Waals surface area contributed by atoms with Gasteiger partial charge in [0.05, 0.1) is 0 Å². The number of amides is 1. The van der Waals surface area contributed by atoms with E-state index in [0.717, 1.165) is 19.5 Å². The van der Waals surface area contributed by atoms with Crippen LogP contribution >= 0.6 is 0 Å². The number of hydrogen-bond acceptors (Lipinski definition) is 3. The van der Waals surface area contributed by atoms with Crippen LogP contribution in [0.25, 0.3) is 0 Å². The summed E-state index contributed by atoms with van der Waals surface area (Å²) >= 11 is 0. The van der Waals surface area contributed by atoms with Gasteiger partial charge in [0.15, 0.2) is 6.61 Å². The Morgan fingerprint density at radius 3 is 2.67 bits per heavy atom. The molecule has 1 fully saturated rings. The van der Waals surface area contributed by atoms with Crippen LogP contribution in [0, 0.1) is 11.7 Å². The highest BCUT2D eigenvalue weighted by molar-refractivity contribution is 5.77. The summed E-state index contributed by atoms with van der Waals surface area (Å²) in [4.78, 5) is 14.0. The zero-order valence-corrected chi connectivity index (χ0v) is 12.5. The molecule has 21 heavy (non-hydrogen) atoms. The SMILES string of the molecule is CN1CCC(CCNC(=O)COc2ccc(F)cc2)CC1. The standard InChI is InChI=1S/C16H23FN2O2/c1-19-10-7-13(8-11-19)6-9-18-16(20)12-21-15-4-2-14(17)3-5-15/h2-5,13H,6-12H2,1H3,(H,18,20). The molecule has 1 saturated heterocycles. The van der Waals surface area contributed by atoms with Crippen LogP contribution in [0.1, 0.15) is 19.3 Å². The highest BCUT2D eigenvalue weighted by atomic mass is 19.1. The lowest BCUT2D eigenvalue weighted by molar-refractivity contribution is -0.123. The number of nitrogens with one attached hydrogen (secondary N) is 1. The molecule has 0 aliphatic carbocycles. The van der Waals surface area contributed by atoms with E-state index in [0.29, 0.717) is 18.2 Å². The van der Waals surface area contributed by atoms with E-state index in [4.69, 9.17) is 4.74 Å². The van der Waals surface area contributed by atoms with Crippen molar-refractivity contribution in [1.82, 2.24) is 10.2 Å². The Bertz CT molecular complexity index is 442. The lowest BCUT2D eigenvalue weighted by Crippen LogP contribution is -2.34. The van der Waals surface area contributed by atoms with Crippen LogP contribution in [-0.2, 0) is 4.79 Å². The molecule has 0 saturated carbocycles. The number of piperidine rings is 1. The monoisotopic (exact) mass is 294 g/mol. The Balaban J connectivity index is 1.58. The van der Waals surface area contributed by atoms with E-state index in [-0.39, 0.29) is 18.3 Å². The summed E-state index contributed by atoms with van der Waals surface area (Å²) in [6.07, 6.45) is 3.44. The molecule has 1 aromatic carbocycles. The van der Waals surface area contributed by atoms with Gasteiger partial charge in [0.1, 0.15) is 11.6 Å². The summed E-state index contributed by atoms with van der Waals surface area (Å²) in [5.74, 6) is 0.763. The van der Waals surface area contributed by atoms with E-state index in [1.165, 1.54) is 37.1 Å². The van der Waals surface area contributed by atoms with Gasteiger partial charge in [0.25, 0.3) is 5.91 Å². The molecule has 5 heteroatoms. The van der Waals surface area contributed by atoms with E-state index in [1.54, 1.807) is 0 Å². The van der Waals surface area contributed by atoms with Crippen LogP contribution in [0.3, 0.4) is 0 Å². The molecule has 0 spiro atoms. The topological polar surface area (TPSA) is 41.6 Å². The van der Waals surface area contributed by atoms with E-state index in [9.17, 15) is 9.18 Å². The van der Waals surface area contributed by atoms with Crippen LogP contribution in [-0.4, -0.2) is 44.1 Å². The van der Waals surface area contributed by atoms with Gasteiger partial charge in [-0.3, -0.25) is 4.79 Å². The first kappa shape index (κ1) is 15.8. The second-order valence-electron chi connectivity index (χ2n) is 5.63. The maximum absolute atomic E-state index is 12.7. The highest BCUT2D eigenvalue weighted by Gasteiger charge is 2.16. The molecule has 116 valence electrons. The van der Waals surface area contributed by atoms with Gasteiger partial charge < -0.3 is 15.0 Å². The van der Waals surface area contributed by atoms with Gasteiger partial charge in [-0.05, 0) is 69.6 Å². The third-order valence-corrected chi connectivity index (χ3v) is 3.90. The Hall–Kier alpha value is -1.62. The van der Waals surface area contributed by atoms with Gasteiger partial charge in [0.2, 0.25) is 0 Å². The number of halogens is 1. The molecule has 1 aliphatic rings. The average molecular weight is 294 g/mol. The molecule has 0 unspecified atom stereocenters. The number of carbonyl (C=O) groups is 1. The first-order valence-electron chi connectivity index (χ1n) is 7.47. The summed E-state index contributed by atoms with van der Waals surface area (Å²) in [5, 5.41) is 2.87. The minimum Gasteiger partial charge on any atom is -0.484 e. The van der Waals surface area contributed by atoms with Crippen LogP contribution in [0.15, 0.2) is 24.3 Å². The first-order chi connectivity index (χ1) is 10.1. The van der Waals surface area contributed by atoms with E-state index in [2.05, 4.69) is 17.3 Å². The predicted octanol–water partition coefficient (Wildman–Crippen LogP) is 2.05. The molecule has 0 radical (unpaired) electrons. The quantitative estimate of drug-likeness (QED) is 0.873. The molecule has 1 amide bonds. The van der Waals surface area contributed by atoms with Crippen molar-refractivity contribution in [3.8, 4) is 5.75 Å². The number of carbonyl (C=O) groups excluding carboxylic acids is 1. The third kappa shape index (κ3) is 5.71. The van der Waals surface area contributed by atoms with Crippen molar-refractivity contribution in [2.75, 3.05) is 33.3 Å². The number of rotatable bonds is 6. The highest BCUT2D eigenvalue weighted by Crippen LogP contribution is 2.18. The van der Waals surface area contributed by atoms with Gasteiger partial charge >= 0.3 is 0 Å². The number of nitrogens with zero attached hydrogens (tertiary/aromatic N) is 1. The molecular formula is C16H23FN2O2. The van der Waals surface area contributed by atoms with Crippen LogP contribution in [0.4, 0.5) is 4.39 Å². The van der Waals surface area contributed by atoms with Crippen LogP contribution in [0.2, 0.25) is 0 Å². The molecular weight excluding hydrogens is 271 g/mol. The number of hydrogen-bond donors (Lipinski definition) is 1. The Kier molecular flexibility index (Phi) is 5.99. The molecule has 0 bridgehead atoms. The van der Waals surface area contributed by atoms with Crippen molar-refractivity contribution in [3.63, 3.8) is 0 Å². The maximum Gasteiger partial charge on any atom is 0.257 e. The van der Waals surface area contributed by atoms with Gasteiger partial charge in [-0.25, -0.2) is 4.39 Å². The number of benzene rings is 1. The molecule has 1 aromatic rings. The van der Waals surface area contributed by atoms with Crippen molar-refractivity contribution < 1.29 is 13.9 Å². The van der Waals surface area contributed by atoms with Crippen molar-refractivity contribution in [2.45, 2.75) is 19.3 Å². The summed E-state index contributed by atoms with van der Waals surface area (Å²) < 4.78 is 18.0. The fourth-order valence-electron chi connectivity index (χ4n) is 2.50. The minimum absolute atomic E-state index is 0.0287. The molecule has 2 rings (SSSR count). The molecule has 1 N–H and O–H groups in total. The van der Waals surface area contributed by atoms with Crippen LogP contribution < -0.4 is 10.1 Å². The lowest BCUT2D eigenvalue weighted by atomic mass is 9.94. The fraction of sp³-hybridized carbons (Fsp3) is 0.562. The third-order valence-electron chi connectivity index (χ3n) is 3.90. The van der Waals surface area contributed by atoms with E-state index >= 15 is 0 Å². The Morgan fingerprint density at radius 2 is 2.00 bits per heavy atom. The smallest absolute Gasteiger partial charge is 0.257 e. The second-order valence-corrected chi connectivity index (χ2v) is 5.63. The van der Waals surface area contributed by atoms with Gasteiger partial charge in [-0.2, -0.15) is 0 Å². The van der Waals surface area contributed by atoms with Gasteiger partial charge in [0, 0.05) is 6.54 Å². The van der Waals surface area contributed by atoms with Crippen molar-refractivity contribution in [1.29, 1.82) is 0 Å². The lowest BCUT2D eigenvalue weighted by Gasteiger charge is -2.28. The molecule has 0 aromatic heterocycles. The molecule has 1 heterocycles. The maximum atomic E-state index is 12.7. The summed E-state index contributed by atoms with van der Waals surface area (Å²) in [6, 6.07) is 5.66. The minimum atomic E-state index is -0.315.